The van der Waals surface area contributed by atoms with Crippen LogP contribution in [0.4, 0.5) is 5.69 Å². The average Bonchev–Trinajstić information content (AvgIpc) is 3.21. The van der Waals surface area contributed by atoms with Crippen molar-refractivity contribution in [2.75, 3.05) is 11.9 Å². The van der Waals surface area contributed by atoms with Gasteiger partial charge >= 0.3 is 0 Å². The molecular weight excluding hydrogens is 447 g/mol. The minimum atomic E-state index is -0.284. The van der Waals surface area contributed by atoms with Gasteiger partial charge in [0.25, 0.3) is 5.91 Å². The van der Waals surface area contributed by atoms with Crippen LogP contribution in [-0.2, 0) is 4.79 Å². The second-order valence-corrected chi connectivity index (χ2v) is 8.38. The van der Waals surface area contributed by atoms with Gasteiger partial charge in [-0.05, 0) is 66.4 Å². The van der Waals surface area contributed by atoms with Gasteiger partial charge in [-0.25, -0.2) is 4.98 Å². The summed E-state index contributed by atoms with van der Waals surface area (Å²) >= 11 is 12.4. The zero-order valence-electron chi connectivity index (χ0n) is 17.7. The quantitative estimate of drug-likeness (QED) is 0.308. The van der Waals surface area contributed by atoms with E-state index in [1.54, 1.807) is 36.4 Å². The maximum absolute atomic E-state index is 12.4. The minimum Gasteiger partial charge on any atom is -0.484 e. The Morgan fingerprint density at radius 3 is 2.62 bits per heavy atom. The Bertz CT molecular complexity index is 1250. The normalized spacial score (nSPS) is 12.0. The highest BCUT2D eigenvalue weighted by Gasteiger charge is 2.14. The van der Waals surface area contributed by atoms with Crippen LogP contribution < -0.4 is 10.1 Å². The Morgan fingerprint density at radius 2 is 1.88 bits per heavy atom. The molecule has 1 N–H and O–H groups in total. The van der Waals surface area contributed by atoms with Crippen LogP contribution in [0.3, 0.4) is 0 Å². The fourth-order valence-electron chi connectivity index (χ4n) is 3.26. The van der Waals surface area contributed by atoms with Crippen LogP contribution in [0, 0.1) is 0 Å². The van der Waals surface area contributed by atoms with Gasteiger partial charge in [0.15, 0.2) is 12.2 Å². The van der Waals surface area contributed by atoms with E-state index in [2.05, 4.69) is 24.1 Å². The summed E-state index contributed by atoms with van der Waals surface area (Å²) < 4.78 is 11.4. The molecule has 0 aliphatic rings. The fraction of sp³-hybridized carbons (Fsp3) is 0.200. The molecule has 0 aliphatic carbocycles. The number of fused-ring (bicyclic) bond motifs is 1. The first kappa shape index (κ1) is 22.2. The first-order chi connectivity index (χ1) is 15.4. The highest BCUT2D eigenvalue weighted by molar-refractivity contribution is 6.33. The van der Waals surface area contributed by atoms with E-state index in [0.29, 0.717) is 50.0 Å². The Hall–Kier alpha value is -3.02. The third kappa shape index (κ3) is 5.06. The van der Waals surface area contributed by atoms with Gasteiger partial charge in [0, 0.05) is 10.7 Å². The maximum Gasteiger partial charge on any atom is 0.262 e. The van der Waals surface area contributed by atoms with Gasteiger partial charge in [-0.3, -0.25) is 4.79 Å². The molecule has 0 spiro atoms. The van der Waals surface area contributed by atoms with E-state index in [9.17, 15) is 4.79 Å². The first-order valence-corrected chi connectivity index (χ1v) is 11.1. The van der Waals surface area contributed by atoms with Gasteiger partial charge in [0.1, 0.15) is 11.3 Å². The largest absolute Gasteiger partial charge is 0.484 e. The summed E-state index contributed by atoms with van der Waals surface area (Å²) in [5, 5.41) is 3.84. The van der Waals surface area contributed by atoms with Crippen LogP contribution in [0.5, 0.6) is 5.75 Å². The fourth-order valence-corrected chi connectivity index (χ4v) is 3.62. The summed E-state index contributed by atoms with van der Waals surface area (Å²) in [6.07, 6.45) is 1.07. The van der Waals surface area contributed by atoms with Crippen molar-refractivity contribution in [1.29, 1.82) is 0 Å². The molecule has 1 unspecified atom stereocenters. The number of ether oxygens (including phenoxy) is 1. The maximum atomic E-state index is 12.4. The molecule has 1 amide bonds. The van der Waals surface area contributed by atoms with Crippen molar-refractivity contribution >= 4 is 45.9 Å². The molecule has 1 heterocycles. The molecule has 0 fully saturated rings. The van der Waals surface area contributed by atoms with Crippen molar-refractivity contribution in [1.82, 2.24) is 4.98 Å². The Morgan fingerprint density at radius 1 is 1.09 bits per heavy atom. The number of hydrogen-bond donors (Lipinski definition) is 1. The van der Waals surface area contributed by atoms with Gasteiger partial charge in [0.2, 0.25) is 5.89 Å². The highest BCUT2D eigenvalue weighted by Crippen LogP contribution is 2.33. The van der Waals surface area contributed by atoms with Crippen molar-refractivity contribution in [2.24, 2.45) is 0 Å². The van der Waals surface area contributed by atoms with Crippen LogP contribution >= 0.6 is 23.2 Å². The molecule has 32 heavy (non-hydrogen) atoms. The summed E-state index contributed by atoms with van der Waals surface area (Å²) in [5.74, 6) is 1.20. The van der Waals surface area contributed by atoms with E-state index in [1.807, 2.05) is 24.3 Å². The predicted octanol–water partition coefficient (Wildman–Crippen LogP) is 7.33. The third-order valence-corrected chi connectivity index (χ3v) is 5.83. The van der Waals surface area contributed by atoms with E-state index in [1.165, 1.54) is 5.56 Å². The topological polar surface area (TPSA) is 64.4 Å². The predicted molar refractivity (Wildman–Crippen MR) is 129 cm³/mol. The number of nitrogens with one attached hydrogen (secondary N) is 1. The average molecular weight is 469 g/mol. The first-order valence-electron chi connectivity index (χ1n) is 10.3. The van der Waals surface area contributed by atoms with E-state index in [4.69, 9.17) is 32.4 Å². The van der Waals surface area contributed by atoms with Crippen molar-refractivity contribution < 1.29 is 13.9 Å². The molecule has 4 aromatic rings. The zero-order valence-corrected chi connectivity index (χ0v) is 19.2. The molecule has 3 aromatic carbocycles. The monoisotopic (exact) mass is 468 g/mol. The molecule has 7 heteroatoms. The lowest BCUT2D eigenvalue weighted by molar-refractivity contribution is -0.118. The number of carbonyl (C=O) groups excluding carboxylic acids is 1. The smallest absolute Gasteiger partial charge is 0.262 e. The summed E-state index contributed by atoms with van der Waals surface area (Å²) in [4.78, 5) is 16.8. The molecule has 1 atom stereocenters. The van der Waals surface area contributed by atoms with Crippen LogP contribution in [0.25, 0.3) is 22.6 Å². The van der Waals surface area contributed by atoms with Gasteiger partial charge in [0.05, 0.1) is 10.6 Å². The highest BCUT2D eigenvalue weighted by atomic mass is 35.5. The van der Waals surface area contributed by atoms with Crippen molar-refractivity contribution in [3.8, 4) is 17.2 Å². The number of anilines is 1. The van der Waals surface area contributed by atoms with Gasteiger partial charge in [-0.2, -0.15) is 0 Å². The van der Waals surface area contributed by atoms with Crippen molar-refractivity contribution in [3.05, 3.63) is 76.3 Å². The number of amides is 1. The van der Waals surface area contributed by atoms with E-state index in [-0.39, 0.29) is 12.5 Å². The number of aromatic nitrogens is 1. The summed E-state index contributed by atoms with van der Waals surface area (Å²) in [5.41, 5.74) is 3.61. The Labute approximate surface area is 196 Å². The van der Waals surface area contributed by atoms with E-state index in [0.717, 1.165) is 6.42 Å². The number of hydrogen-bond acceptors (Lipinski definition) is 4. The van der Waals surface area contributed by atoms with Gasteiger partial charge < -0.3 is 14.5 Å². The minimum absolute atomic E-state index is 0.109. The molecule has 0 bridgehead atoms. The van der Waals surface area contributed by atoms with Crippen LogP contribution in [0.1, 0.15) is 31.7 Å². The summed E-state index contributed by atoms with van der Waals surface area (Å²) in [6, 6.07) is 18.1. The van der Waals surface area contributed by atoms with Crippen molar-refractivity contribution in [3.63, 3.8) is 0 Å². The molecule has 0 aliphatic heterocycles. The van der Waals surface area contributed by atoms with Gasteiger partial charge in [-0.1, -0.05) is 49.2 Å². The number of carbonyl (C=O) groups is 1. The number of oxazole rings is 1. The standard InChI is InChI=1S/C25H22Cl2N2O3/c1-3-15(2)16-4-8-19(9-5-16)31-14-24(30)28-18-7-10-21(27)20(13-18)25-29-22-12-17(26)6-11-23(22)32-25/h4-13,15H,3,14H2,1-2H3,(H,28,30). The summed E-state index contributed by atoms with van der Waals surface area (Å²) in [7, 11) is 0. The zero-order chi connectivity index (χ0) is 22.7. The molecule has 4 rings (SSSR count). The van der Waals surface area contributed by atoms with Gasteiger partial charge in [-0.15, -0.1) is 0 Å². The van der Waals surface area contributed by atoms with Crippen LogP contribution in [0.2, 0.25) is 10.0 Å². The molecule has 0 radical (unpaired) electrons. The number of rotatable bonds is 7. The number of nitrogens with zero attached hydrogens (tertiary/aromatic N) is 1. The number of halogens is 2. The Balaban J connectivity index is 1.43. The second kappa shape index (κ2) is 9.63. The SMILES string of the molecule is CCC(C)c1ccc(OCC(=O)Nc2ccc(Cl)c(-c3nc4cc(Cl)ccc4o3)c2)cc1. The lowest BCUT2D eigenvalue weighted by Crippen LogP contribution is -2.20. The molecule has 5 nitrogen and oxygen atoms in total. The van der Waals surface area contributed by atoms with Crippen LogP contribution in [-0.4, -0.2) is 17.5 Å². The lowest BCUT2D eigenvalue weighted by atomic mass is 9.99. The van der Waals surface area contributed by atoms with Crippen molar-refractivity contribution in [2.45, 2.75) is 26.2 Å². The molecule has 0 saturated carbocycles. The second-order valence-electron chi connectivity index (χ2n) is 7.54. The molecular formula is C25H22Cl2N2O3. The molecule has 0 saturated heterocycles. The third-order valence-electron chi connectivity index (χ3n) is 5.26. The van der Waals surface area contributed by atoms with E-state index >= 15 is 0 Å². The van der Waals surface area contributed by atoms with E-state index < -0.39 is 0 Å². The number of benzene rings is 3. The lowest BCUT2D eigenvalue weighted by Gasteiger charge is -2.11. The van der Waals surface area contributed by atoms with Crippen LogP contribution in [0.15, 0.2) is 65.1 Å². The Kier molecular flexibility index (Phi) is 6.68. The summed E-state index contributed by atoms with van der Waals surface area (Å²) in [6.45, 7) is 4.23. The molecule has 1 aromatic heterocycles. The molecule has 164 valence electrons.